The van der Waals surface area contributed by atoms with E-state index >= 15 is 0 Å². The van der Waals surface area contributed by atoms with Crippen LogP contribution >= 0.6 is 0 Å². The fraction of sp³-hybridized carbons (Fsp3) is 0.565. The Hall–Kier alpha value is -1.30. The SMILES string of the molecule is C=C1CC(C(Cc2ccc3c(c2)CCC3)C(=C)CC)CCC1C. The summed E-state index contributed by atoms with van der Waals surface area (Å²) in [5.74, 6) is 2.09. The largest absolute Gasteiger partial charge is 0.0996 e. The van der Waals surface area contributed by atoms with Gasteiger partial charge in [0.1, 0.15) is 0 Å². The summed E-state index contributed by atoms with van der Waals surface area (Å²) in [6.45, 7) is 13.4. The van der Waals surface area contributed by atoms with Gasteiger partial charge in [0, 0.05) is 0 Å². The van der Waals surface area contributed by atoms with Gasteiger partial charge in [-0.1, -0.05) is 56.4 Å². The first-order valence-electron chi connectivity index (χ1n) is 9.54. The Balaban J connectivity index is 1.77. The molecule has 0 amide bonds. The van der Waals surface area contributed by atoms with Crippen molar-refractivity contribution in [3.05, 3.63) is 59.2 Å². The molecule has 2 aliphatic carbocycles. The monoisotopic (exact) mass is 308 g/mol. The Morgan fingerprint density at radius 3 is 2.74 bits per heavy atom. The average Bonchev–Trinajstić information content (AvgIpc) is 3.02. The zero-order valence-electron chi connectivity index (χ0n) is 15.0. The molecule has 0 aromatic heterocycles. The normalized spacial score (nSPS) is 25.2. The van der Waals surface area contributed by atoms with Crippen LogP contribution in [-0.2, 0) is 19.3 Å². The summed E-state index contributed by atoms with van der Waals surface area (Å²) >= 11 is 0. The molecular weight excluding hydrogens is 276 g/mol. The summed E-state index contributed by atoms with van der Waals surface area (Å²) < 4.78 is 0. The van der Waals surface area contributed by atoms with Crippen molar-refractivity contribution in [1.29, 1.82) is 0 Å². The second-order valence-corrected chi connectivity index (χ2v) is 7.88. The van der Waals surface area contributed by atoms with E-state index in [2.05, 4.69) is 45.2 Å². The number of fused-ring (bicyclic) bond motifs is 1. The number of benzene rings is 1. The van der Waals surface area contributed by atoms with Crippen LogP contribution < -0.4 is 0 Å². The molecule has 0 nitrogen and oxygen atoms in total. The van der Waals surface area contributed by atoms with Crippen molar-refractivity contribution in [3.8, 4) is 0 Å². The maximum Gasteiger partial charge on any atom is -0.0134 e. The van der Waals surface area contributed by atoms with Crippen molar-refractivity contribution in [2.45, 2.75) is 65.2 Å². The summed E-state index contributed by atoms with van der Waals surface area (Å²) in [7, 11) is 0. The molecule has 0 saturated heterocycles. The molecule has 1 aromatic carbocycles. The van der Waals surface area contributed by atoms with E-state index in [-0.39, 0.29) is 0 Å². The minimum atomic E-state index is 0.628. The highest BCUT2D eigenvalue weighted by Gasteiger charge is 2.29. The van der Waals surface area contributed by atoms with Gasteiger partial charge >= 0.3 is 0 Å². The predicted molar refractivity (Wildman–Crippen MR) is 101 cm³/mol. The minimum Gasteiger partial charge on any atom is -0.0996 e. The molecule has 3 atom stereocenters. The maximum atomic E-state index is 4.43. The standard InChI is InChI=1S/C23H32/c1-5-16(2)23(22-11-9-17(3)18(4)13-22)15-19-10-12-20-7-6-8-21(20)14-19/h10,12,14,17,22-23H,2,4-9,11,13,15H2,1,3H3. The van der Waals surface area contributed by atoms with Crippen molar-refractivity contribution in [2.75, 3.05) is 0 Å². The molecular formula is C23H32. The van der Waals surface area contributed by atoms with Crippen molar-refractivity contribution >= 4 is 0 Å². The lowest BCUT2D eigenvalue weighted by molar-refractivity contribution is 0.281. The van der Waals surface area contributed by atoms with Crippen LogP contribution in [0.4, 0.5) is 0 Å². The summed E-state index contributed by atoms with van der Waals surface area (Å²) in [6, 6.07) is 7.24. The van der Waals surface area contributed by atoms with E-state index in [0.717, 1.165) is 12.3 Å². The van der Waals surface area contributed by atoms with Crippen LogP contribution in [0.2, 0.25) is 0 Å². The smallest absolute Gasteiger partial charge is 0.0134 e. The molecule has 0 spiro atoms. The van der Waals surface area contributed by atoms with E-state index in [1.54, 1.807) is 11.1 Å². The van der Waals surface area contributed by atoms with Gasteiger partial charge in [-0.05, 0) is 85.8 Å². The first-order valence-corrected chi connectivity index (χ1v) is 9.54. The third kappa shape index (κ3) is 3.62. The number of allylic oxidation sites excluding steroid dienone is 2. The van der Waals surface area contributed by atoms with E-state index in [4.69, 9.17) is 0 Å². The van der Waals surface area contributed by atoms with Crippen LogP contribution in [0.5, 0.6) is 0 Å². The quantitative estimate of drug-likeness (QED) is 0.560. The zero-order valence-corrected chi connectivity index (χ0v) is 15.0. The van der Waals surface area contributed by atoms with Crippen LogP contribution in [0, 0.1) is 17.8 Å². The summed E-state index contributed by atoms with van der Waals surface area (Å²) in [5, 5.41) is 0. The van der Waals surface area contributed by atoms with Gasteiger partial charge < -0.3 is 0 Å². The Morgan fingerprint density at radius 1 is 1.22 bits per heavy atom. The Kier molecular flexibility index (Phi) is 5.09. The lowest BCUT2D eigenvalue weighted by Gasteiger charge is -2.35. The number of hydrogen-bond donors (Lipinski definition) is 0. The van der Waals surface area contributed by atoms with Gasteiger partial charge in [-0.25, -0.2) is 0 Å². The topological polar surface area (TPSA) is 0 Å². The van der Waals surface area contributed by atoms with Crippen LogP contribution in [0.3, 0.4) is 0 Å². The first-order chi connectivity index (χ1) is 11.1. The van der Waals surface area contributed by atoms with Crippen molar-refractivity contribution in [1.82, 2.24) is 0 Å². The highest BCUT2D eigenvalue weighted by molar-refractivity contribution is 5.36. The summed E-state index contributed by atoms with van der Waals surface area (Å²) in [6.07, 6.45) is 10.0. The average molecular weight is 309 g/mol. The molecule has 0 radical (unpaired) electrons. The number of aryl methyl sites for hydroxylation is 2. The van der Waals surface area contributed by atoms with Crippen LogP contribution in [0.15, 0.2) is 42.5 Å². The Labute approximate surface area is 142 Å². The summed E-state index contributed by atoms with van der Waals surface area (Å²) in [4.78, 5) is 0. The van der Waals surface area contributed by atoms with E-state index in [1.807, 2.05) is 0 Å². The van der Waals surface area contributed by atoms with E-state index in [1.165, 1.54) is 61.7 Å². The van der Waals surface area contributed by atoms with Gasteiger partial charge in [-0.3, -0.25) is 0 Å². The van der Waals surface area contributed by atoms with Crippen molar-refractivity contribution in [3.63, 3.8) is 0 Å². The third-order valence-electron chi connectivity index (χ3n) is 6.36. The molecule has 0 heteroatoms. The van der Waals surface area contributed by atoms with Gasteiger partial charge in [0.15, 0.2) is 0 Å². The van der Waals surface area contributed by atoms with E-state index < -0.39 is 0 Å². The van der Waals surface area contributed by atoms with Crippen molar-refractivity contribution < 1.29 is 0 Å². The molecule has 1 aromatic rings. The third-order valence-corrected chi connectivity index (χ3v) is 6.36. The second-order valence-electron chi connectivity index (χ2n) is 7.88. The molecule has 0 aliphatic heterocycles. The van der Waals surface area contributed by atoms with E-state index in [0.29, 0.717) is 11.8 Å². The van der Waals surface area contributed by atoms with Gasteiger partial charge in [0.2, 0.25) is 0 Å². The molecule has 1 fully saturated rings. The highest BCUT2D eigenvalue weighted by Crippen LogP contribution is 2.40. The van der Waals surface area contributed by atoms with Crippen LogP contribution in [0.25, 0.3) is 0 Å². The lowest BCUT2D eigenvalue weighted by Crippen LogP contribution is -2.25. The molecule has 0 N–H and O–H groups in total. The fourth-order valence-electron chi connectivity index (χ4n) is 4.56. The molecule has 124 valence electrons. The minimum absolute atomic E-state index is 0.628. The molecule has 1 saturated carbocycles. The van der Waals surface area contributed by atoms with Gasteiger partial charge in [-0.2, -0.15) is 0 Å². The lowest BCUT2D eigenvalue weighted by atomic mass is 9.70. The summed E-state index contributed by atoms with van der Waals surface area (Å²) in [5.41, 5.74) is 7.61. The fourth-order valence-corrected chi connectivity index (χ4v) is 4.56. The molecule has 0 bridgehead atoms. The van der Waals surface area contributed by atoms with Gasteiger partial charge in [0.25, 0.3) is 0 Å². The molecule has 2 aliphatic rings. The maximum absolute atomic E-state index is 4.43. The Morgan fingerprint density at radius 2 is 2.00 bits per heavy atom. The number of hydrogen-bond acceptors (Lipinski definition) is 0. The Bertz CT molecular complexity index is 592. The van der Waals surface area contributed by atoms with Crippen LogP contribution in [0.1, 0.15) is 62.6 Å². The second kappa shape index (κ2) is 7.07. The zero-order chi connectivity index (χ0) is 16.4. The molecule has 23 heavy (non-hydrogen) atoms. The van der Waals surface area contributed by atoms with E-state index in [9.17, 15) is 0 Å². The van der Waals surface area contributed by atoms with Gasteiger partial charge in [0.05, 0.1) is 0 Å². The highest BCUT2D eigenvalue weighted by atomic mass is 14.3. The van der Waals surface area contributed by atoms with Crippen LogP contribution in [-0.4, -0.2) is 0 Å². The molecule has 3 unspecified atom stereocenters. The number of rotatable bonds is 5. The van der Waals surface area contributed by atoms with Crippen molar-refractivity contribution in [2.24, 2.45) is 17.8 Å². The molecule has 0 heterocycles. The predicted octanol–water partition coefficient (Wildman–Crippen LogP) is 6.29. The first kappa shape index (κ1) is 16.6. The van der Waals surface area contributed by atoms with Gasteiger partial charge in [-0.15, -0.1) is 0 Å². The molecule has 3 rings (SSSR count).